The Morgan fingerprint density at radius 3 is 2.52 bits per heavy atom. The van der Waals surface area contributed by atoms with E-state index in [4.69, 9.17) is 0 Å². The van der Waals surface area contributed by atoms with Gasteiger partial charge in [-0.25, -0.2) is 15.0 Å². The highest BCUT2D eigenvalue weighted by Crippen LogP contribution is 2.22. The van der Waals surface area contributed by atoms with Crippen LogP contribution in [0.1, 0.15) is 28.5 Å². The summed E-state index contributed by atoms with van der Waals surface area (Å²) < 4.78 is 0. The van der Waals surface area contributed by atoms with E-state index in [-0.39, 0.29) is 11.9 Å². The van der Waals surface area contributed by atoms with E-state index < -0.39 is 0 Å². The van der Waals surface area contributed by atoms with Crippen molar-refractivity contribution in [3.63, 3.8) is 0 Å². The van der Waals surface area contributed by atoms with Crippen LogP contribution in [0.25, 0.3) is 0 Å². The van der Waals surface area contributed by atoms with Crippen LogP contribution >= 0.6 is 11.3 Å². The lowest BCUT2D eigenvalue weighted by Crippen LogP contribution is -2.50. The molecule has 0 radical (unpaired) electrons. The normalized spacial score (nSPS) is 16.7. The number of piperazine rings is 1. The average Bonchev–Trinajstić information content (AvgIpc) is 2.95. The first kappa shape index (κ1) is 17.8. The van der Waals surface area contributed by atoms with Gasteiger partial charge in [-0.05, 0) is 26.8 Å². The lowest BCUT2D eigenvalue weighted by molar-refractivity contribution is -0.123. The van der Waals surface area contributed by atoms with Crippen LogP contribution in [0.2, 0.25) is 0 Å². The van der Waals surface area contributed by atoms with Gasteiger partial charge in [0, 0.05) is 43.4 Å². The summed E-state index contributed by atoms with van der Waals surface area (Å²) in [4.78, 5) is 30.9. The molecule has 1 amide bonds. The molecule has 2 aromatic heterocycles. The summed E-state index contributed by atoms with van der Waals surface area (Å²) in [7, 11) is 0. The van der Waals surface area contributed by atoms with Crippen molar-refractivity contribution in [2.75, 3.05) is 37.6 Å². The molecule has 0 spiro atoms. The van der Waals surface area contributed by atoms with E-state index in [2.05, 4.69) is 30.1 Å². The fourth-order valence-electron chi connectivity index (χ4n) is 3.07. The van der Waals surface area contributed by atoms with Gasteiger partial charge in [0.05, 0.1) is 23.3 Å². The molecule has 1 atom stereocenters. The Kier molecular flexibility index (Phi) is 5.60. The molecule has 0 unspecified atom stereocenters. The van der Waals surface area contributed by atoms with E-state index in [0.717, 1.165) is 42.8 Å². The zero-order valence-corrected chi connectivity index (χ0v) is 15.7. The van der Waals surface area contributed by atoms with E-state index in [9.17, 15) is 4.79 Å². The Labute approximate surface area is 152 Å². The molecule has 25 heavy (non-hydrogen) atoms. The summed E-state index contributed by atoms with van der Waals surface area (Å²) in [6, 6.07) is 1.76. The van der Waals surface area contributed by atoms with E-state index in [1.54, 1.807) is 23.7 Å². The lowest BCUT2D eigenvalue weighted by atomic mass is 10.2. The van der Waals surface area contributed by atoms with Crippen LogP contribution in [0.5, 0.6) is 0 Å². The van der Waals surface area contributed by atoms with Crippen molar-refractivity contribution in [1.82, 2.24) is 25.2 Å². The predicted molar refractivity (Wildman–Crippen MR) is 98.8 cm³/mol. The topological polar surface area (TPSA) is 74.2 Å². The predicted octanol–water partition coefficient (Wildman–Crippen LogP) is 1.55. The summed E-state index contributed by atoms with van der Waals surface area (Å²) in [6.45, 7) is 9.76. The first-order chi connectivity index (χ1) is 12.0. The highest BCUT2D eigenvalue weighted by atomic mass is 32.1. The van der Waals surface area contributed by atoms with Crippen molar-refractivity contribution in [2.45, 2.75) is 26.8 Å². The molecule has 7 nitrogen and oxygen atoms in total. The number of aryl methyl sites for hydroxylation is 2. The second kappa shape index (κ2) is 7.88. The minimum Gasteiger partial charge on any atom is -0.347 e. The van der Waals surface area contributed by atoms with Crippen LogP contribution in [0.15, 0.2) is 18.5 Å². The van der Waals surface area contributed by atoms with Crippen molar-refractivity contribution in [3.8, 4) is 0 Å². The molecule has 134 valence electrons. The van der Waals surface area contributed by atoms with Crippen LogP contribution in [-0.2, 0) is 4.79 Å². The number of amides is 1. The summed E-state index contributed by atoms with van der Waals surface area (Å²) in [5.74, 6) is 0.802. The molecule has 0 aromatic carbocycles. The number of carbonyl (C=O) groups excluding carboxylic acids is 1. The average molecular weight is 360 g/mol. The second-order valence-corrected chi connectivity index (χ2v) is 7.68. The van der Waals surface area contributed by atoms with Gasteiger partial charge in [0.15, 0.2) is 0 Å². The van der Waals surface area contributed by atoms with Crippen LogP contribution in [-0.4, -0.2) is 58.5 Å². The third-order valence-corrected chi connectivity index (χ3v) is 5.20. The number of aromatic nitrogens is 3. The molecular weight excluding hydrogens is 336 g/mol. The maximum absolute atomic E-state index is 12.3. The van der Waals surface area contributed by atoms with Crippen LogP contribution in [0.4, 0.5) is 5.95 Å². The smallest absolute Gasteiger partial charge is 0.234 e. The molecule has 1 saturated heterocycles. The number of hydrogen-bond acceptors (Lipinski definition) is 7. The first-order valence-corrected chi connectivity index (χ1v) is 9.32. The molecule has 1 aliphatic heterocycles. The standard InChI is InChI=1S/C17H24N6OS/c1-12(16-13(2)25-14(3)21-16)20-15(24)11-22-7-9-23(10-8-22)17-18-5-4-6-19-17/h4-6,12H,7-11H2,1-3H3,(H,20,24)/t12-/m0/s1. The minimum absolute atomic E-state index is 0.0435. The molecule has 0 saturated carbocycles. The maximum atomic E-state index is 12.3. The molecule has 1 aliphatic rings. The van der Waals surface area contributed by atoms with Crippen molar-refractivity contribution in [2.24, 2.45) is 0 Å². The number of anilines is 1. The number of nitrogens with zero attached hydrogens (tertiary/aromatic N) is 5. The van der Waals surface area contributed by atoms with Crippen LogP contribution < -0.4 is 10.2 Å². The van der Waals surface area contributed by atoms with Crippen LogP contribution in [0, 0.1) is 13.8 Å². The van der Waals surface area contributed by atoms with Gasteiger partial charge in [-0.1, -0.05) is 0 Å². The monoisotopic (exact) mass is 360 g/mol. The Morgan fingerprint density at radius 1 is 1.24 bits per heavy atom. The van der Waals surface area contributed by atoms with E-state index in [0.29, 0.717) is 6.54 Å². The maximum Gasteiger partial charge on any atom is 0.234 e. The van der Waals surface area contributed by atoms with Gasteiger partial charge in [0.25, 0.3) is 0 Å². The summed E-state index contributed by atoms with van der Waals surface area (Å²) in [6.07, 6.45) is 3.51. The highest BCUT2D eigenvalue weighted by molar-refractivity contribution is 7.11. The highest BCUT2D eigenvalue weighted by Gasteiger charge is 2.22. The summed E-state index contributed by atoms with van der Waals surface area (Å²) >= 11 is 1.67. The van der Waals surface area contributed by atoms with E-state index >= 15 is 0 Å². The molecule has 1 fully saturated rings. The fourth-order valence-corrected chi connectivity index (χ4v) is 3.98. The lowest BCUT2D eigenvalue weighted by Gasteiger charge is -2.34. The molecule has 3 heterocycles. The number of thiazole rings is 1. The largest absolute Gasteiger partial charge is 0.347 e. The van der Waals surface area contributed by atoms with Crippen LogP contribution in [0.3, 0.4) is 0 Å². The van der Waals surface area contributed by atoms with Gasteiger partial charge in [-0.2, -0.15) is 0 Å². The third-order valence-electron chi connectivity index (χ3n) is 4.30. The van der Waals surface area contributed by atoms with Crippen molar-refractivity contribution < 1.29 is 4.79 Å². The molecule has 8 heteroatoms. The number of rotatable bonds is 5. The molecule has 2 aromatic rings. The van der Waals surface area contributed by atoms with Gasteiger partial charge in [0.1, 0.15) is 0 Å². The van der Waals surface area contributed by atoms with Gasteiger partial charge in [-0.3, -0.25) is 9.69 Å². The summed E-state index contributed by atoms with van der Waals surface area (Å²) in [5.41, 5.74) is 0.974. The number of nitrogens with one attached hydrogen (secondary N) is 1. The Balaban J connectivity index is 1.47. The summed E-state index contributed by atoms with van der Waals surface area (Å²) in [5, 5.41) is 4.10. The Morgan fingerprint density at radius 2 is 1.92 bits per heavy atom. The molecule has 0 aliphatic carbocycles. The van der Waals surface area contributed by atoms with E-state index in [1.807, 2.05) is 26.8 Å². The zero-order valence-electron chi connectivity index (χ0n) is 14.9. The number of carbonyl (C=O) groups is 1. The van der Waals surface area contributed by atoms with Gasteiger partial charge in [-0.15, -0.1) is 11.3 Å². The Bertz CT molecular complexity index is 711. The second-order valence-electron chi connectivity index (χ2n) is 6.28. The molecule has 3 rings (SSSR count). The fraction of sp³-hybridized carbons (Fsp3) is 0.529. The molecule has 0 bridgehead atoms. The SMILES string of the molecule is Cc1nc([C@H](C)NC(=O)CN2CCN(c3ncccn3)CC2)c(C)s1. The molecular formula is C17H24N6OS. The minimum atomic E-state index is -0.0588. The number of hydrogen-bond donors (Lipinski definition) is 1. The third kappa shape index (κ3) is 4.52. The van der Waals surface area contributed by atoms with E-state index in [1.165, 1.54) is 4.88 Å². The van der Waals surface area contributed by atoms with Crippen molar-refractivity contribution >= 4 is 23.2 Å². The van der Waals surface area contributed by atoms with Crippen molar-refractivity contribution in [3.05, 3.63) is 34.0 Å². The zero-order chi connectivity index (χ0) is 17.8. The Hall–Kier alpha value is -2.06. The quantitative estimate of drug-likeness (QED) is 0.872. The van der Waals surface area contributed by atoms with Gasteiger partial charge in [0.2, 0.25) is 11.9 Å². The first-order valence-electron chi connectivity index (χ1n) is 8.50. The molecule has 1 N–H and O–H groups in total. The van der Waals surface area contributed by atoms with Crippen molar-refractivity contribution in [1.29, 1.82) is 0 Å². The van der Waals surface area contributed by atoms with Gasteiger partial charge >= 0.3 is 0 Å². The van der Waals surface area contributed by atoms with Gasteiger partial charge < -0.3 is 10.2 Å².